The lowest BCUT2D eigenvalue weighted by Crippen LogP contribution is -2.63. The van der Waals surface area contributed by atoms with E-state index in [4.69, 9.17) is 9.47 Å². The van der Waals surface area contributed by atoms with Crippen molar-refractivity contribution in [1.29, 1.82) is 0 Å². The number of carbonyl (C=O) groups excluding carboxylic acids is 2. The van der Waals surface area contributed by atoms with Crippen LogP contribution in [0.2, 0.25) is 0 Å². The van der Waals surface area contributed by atoms with E-state index >= 15 is 0 Å². The molecule has 5 atom stereocenters. The van der Waals surface area contributed by atoms with Crippen molar-refractivity contribution in [2.24, 2.45) is 11.8 Å². The number of carboxylic acids is 1. The molecule has 148 valence electrons. The van der Waals surface area contributed by atoms with Crippen molar-refractivity contribution in [3.05, 3.63) is 0 Å². The molecule has 0 bridgehead atoms. The van der Waals surface area contributed by atoms with Crippen molar-refractivity contribution < 1.29 is 34.1 Å². The normalized spacial score (nSPS) is 35.4. The molecule has 2 fully saturated rings. The van der Waals surface area contributed by atoms with Crippen molar-refractivity contribution in [1.82, 2.24) is 4.90 Å². The second kappa shape index (κ2) is 8.02. The molecule has 2 N–H and O–H groups in total. The van der Waals surface area contributed by atoms with Gasteiger partial charge in [-0.05, 0) is 31.6 Å². The highest BCUT2D eigenvalue weighted by atomic mass is 16.7. The summed E-state index contributed by atoms with van der Waals surface area (Å²) in [6.07, 6.45) is 1.11. The number of carboxylic acid groups (broad SMARTS) is 1. The maximum absolute atomic E-state index is 12.9. The number of rotatable bonds is 5. The Morgan fingerprint density at radius 2 is 1.92 bits per heavy atom. The van der Waals surface area contributed by atoms with Crippen molar-refractivity contribution in [3.8, 4) is 0 Å². The van der Waals surface area contributed by atoms with Gasteiger partial charge in [-0.25, -0.2) is 4.79 Å². The molecule has 0 spiro atoms. The van der Waals surface area contributed by atoms with E-state index in [1.807, 2.05) is 13.8 Å². The number of aliphatic carboxylic acids is 1. The predicted octanol–water partition coefficient (Wildman–Crippen LogP) is 0.806. The standard InChI is InChI=1S/C18H29NO7/c1-10(2)14-13(25-4)9-11(3)18(24,26-14)15(20)16(21)19-8-6-5-7-12(19)17(22)23/h10-14,24H,5-9H2,1-4H3,(H,22,23)/t11-,12+,13+,14?,18-/m1/s1. The molecule has 2 aliphatic rings. The topological polar surface area (TPSA) is 113 Å². The molecule has 2 saturated heterocycles. The number of amides is 1. The van der Waals surface area contributed by atoms with Crippen LogP contribution in [0.5, 0.6) is 0 Å². The maximum atomic E-state index is 12.9. The molecule has 26 heavy (non-hydrogen) atoms. The van der Waals surface area contributed by atoms with Crippen LogP contribution in [0.1, 0.15) is 46.5 Å². The van der Waals surface area contributed by atoms with Crippen molar-refractivity contribution >= 4 is 17.7 Å². The third-order valence-electron chi connectivity index (χ3n) is 5.46. The highest BCUT2D eigenvalue weighted by Gasteiger charge is 2.55. The first-order chi connectivity index (χ1) is 12.1. The summed E-state index contributed by atoms with van der Waals surface area (Å²) in [5.41, 5.74) is 0. The van der Waals surface area contributed by atoms with E-state index in [1.54, 1.807) is 14.0 Å². The molecule has 8 heteroatoms. The van der Waals surface area contributed by atoms with Gasteiger partial charge in [0.05, 0.1) is 12.2 Å². The molecular weight excluding hydrogens is 342 g/mol. The summed E-state index contributed by atoms with van der Waals surface area (Å²) in [7, 11) is 1.54. The highest BCUT2D eigenvalue weighted by Crippen LogP contribution is 2.37. The summed E-state index contributed by atoms with van der Waals surface area (Å²) in [6, 6.07) is -1.05. The van der Waals surface area contributed by atoms with Gasteiger partial charge in [0, 0.05) is 19.6 Å². The Bertz CT molecular complexity index is 564. The SMILES string of the molecule is CO[C@H]1C[C@@H](C)[C@](O)(C(=O)C(=O)N2CCCC[C@H]2C(=O)O)OC1C(C)C. The Hall–Kier alpha value is -1.51. The number of ether oxygens (including phenoxy) is 2. The first-order valence-corrected chi connectivity index (χ1v) is 9.14. The molecule has 8 nitrogen and oxygen atoms in total. The maximum Gasteiger partial charge on any atom is 0.326 e. The molecule has 2 aliphatic heterocycles. The van der Waals surface area contributed by atoms with E-state index in [0.717, 1.165) is 4.90 Å². The Morgan fingerprint density at radius 3 is 2.46 bits per heavy atom. The van der Waals surface area contributed by atoms with E-state index in [0.29, 0.717) is 25.7 Å². The Balaban J connectivity index is 2.25. The van der Waals surface area contributed by atoms with Gasteiger partial charge in [0.1, 0.15) is 6.04 Å². The summed E-state index contributed by atoms with van der Waals surface area (Å²) >= 11 is 0. The quantitative estimate of drug-likeness (QED) is 0.687. The number of piperidine rings is 1. The minimum absolute atomic E-state index is 0.0383. The lowest BCUT2D eigenvalue weighted by Gasteiger charge is -2.46. The van der Waals surface area contributed by atoms with Gasteiger partial charge in [0.25, 0.3) is 11.7 Å². The molecule has 2 heterocycles. The van der Waals surface area contributed by atoms with Crippen molar-refractivity contribution in [3.63, 3.8) is 0 Å². The molecule has 0 aromatic heterocycles. The molecule has 0 aliphatic carbocycles. The minimum Gasteiger partial charge on any atom is -0.480 e. The Kier molecular flexibility index (Phi) is 6.42. The van der Waals surface area contributed by atoms with Crippen LogP contribution in [0.3, 0.4) is 0 Å². The third kappa shape index (κ3) is 3.77. The molecule has 1 amide bonds. The van der Waals surface area contributed by atoms with Crippen LogP contribution < -0.4 is 0 Å². The number of methoxy groups -OCH3 is 1. The highest BCUT2D eigenvalue weighted by molar-refractivity contribution is 6.39. The number of aliphatic hydroxyl groups is 1. The van der Waals surface area contributed by atoms with Crippen LogP contribution in [-0.4, -0.2) is 70.5 Å². The summed E-state index contributed by atoms with van der Waals surface area (Å²) in [4.78, 5) is 38.1. The zero-order chi connectivity index (χ0) is 19.6. The van der Waals surface area contributed by atoms with Gasteiger partial charge in [-0.3, -0.25) is 9.59 Å². The molecular formula is C18H29NO7. The average Bonchev–Trinajstić information content (AvgIpc) is 2.62. The monoisotopic (exact) mass is 371 g/mol. The molecule has 0 saturated carbocycles. The number of carbonyl (C=O) groups is 3. The van der Waals surface area contributed by atoms with Crippen LogP contribution in [0.4, 0.5) is 0 Å². The van der Waals surface area contributed by atoms with E-state index in [-0.39, 0.29) is 18.6 Å². The van der Waals surface area contributed by atoms with Crippen molar-refractivity contribution in [2.75, 3.05) is 13.7 Å². The summed E-state index contributed by atoms with van der Waals surface area (Å²) < 4.78 is 11.1. The van der Waals surface area contributed by atoms with Gasteiger partial charge in [-0.1, -0.05) is 20.8 Å². The van der Waals surface area contributed by atoms with Gasteiger partial charge in [-0.15, -0.1) is 0 Å². The van der Waals surface area contributed by atoms with Crippen LogP contribution >= 0.6 is 0 Å². The lowest BCUT2D eigenvalue weighted by atomic mass is 9.82. The number of ketones is 1. The van der Waals surface area contributed by atoms with Gasteiger partial charge < -0.3 is 24.6 Å². The number of nitrogens with zero attached hydrogens (tertiary/aromatic N) is 1. The number of hydrogen-bond acceptors (Lipinski definition) is 6. The molecule has 2 rings (SSSR count). The summed E-state index contributed by atoms with van der Waals surface area (Å²) in [5, 5.41) is 20.3. The lowest BCUT2D eigenvalue weighted by molar-refractivity contribution is -0.293. The fraction of sp³-hybridized carbons (Fsp3) is 0.833. The second-order valence-corrected chi connectivity index (χ2v) is 7.61. The van der Waals surface area contributed by atoms with Crippen LogP contribution in [-0.2, 0) is 23.9 Å². The first kappa shape index (κ1) is 20.8. The van der Waals surface area contributed by atoms with Gasteiger partial charge in [-0.2, -0.15) is 0 Å². The smallest absolute Gasteiger partial charge is 0.326 e. The zero-order valence-electron chi connectivity index (χ0n) is 15.8. The fourth-order valence-electron chi connectivity index (χ4n) is 3.83. The van der Waals surface area contributed by atoms with Crippen LogP contribution in [0.15, 0.2) is 0 Å². The van der Waals surface area contributed by atoms with Gasteiger partial charge in [0.2, 0.25) is 5.79 Å². The van der Waals surface area contributed by atoms with Crippen molar-refractivity contribution in [2.45, 2.75) is 70.5 Å². The van der Waals surface area contributed by atoms with E-state index in [2.05, 4.69) is 0 Å². The molecule has 0 aromatic carbocycles. The molecule has 1 unspecified atom stereocenters. The predicted molar refractivity (Wildman–Crippen MR) is 91.2 cm³/mol. The van der Waals surface area contributed by atoms with E-state index in [9.17, 15) is 24.6 Å². The molecule has 0 radical (unpaired) electrons. The second-order valence-electron chi connectivity index (χ2n) is 7.61. The molecule has 0 aromatic rings. The summed E-state index contributed by atoms with van der Waals surface area (Å²) in [5.74, 6) is -6.21. The fourth-order valence-corrected chi connectivity index (χ4v) is 3.83. The third-order valence-corrected chi connectivity index (χ3v) is 5.46. The van der Waals surface area contributed by atoms with Gasteiger partial charge in [0.15, 0.2) is 0 Å². The van der Waals surface area contributed by atoms with Crippen LogP contribution in [0, 0.1) is 11.8 Å². The number of hydrogen-bond donors (Lipinski definition) is 2. The number of Topliss-reactive ketones (excluding diaryl/α,β-unsaturated/α-hetero) is 1. The average molecular weight is 371 g/mol. The Morgan fingerprint density at radius 1 is 1.27 bits per heavy atom. The van der Waals surface area contributed by atoms with Crippen LogP contribution in [0.25, 0.3) is 0 Å². The van der Waals surface area contributed by atoms with Gasteiger partial charge >= 0.3 is 5.97 Å². The van der Waals surface area contributed by atoms with E-state index < -0.39 is 41.5 Å². The zero-order valence-corrected chi connectivity index (χ0v) is 15.8. The summed E-state index contributed by atoms with van der Waals surface area (Å²) in [6.45, 7) is 5.56. The largest absolute Gasteiger partial charge is 0.480 e. The van der Waals surface area contributed by atoms with E-state index in [1.165, 1.54) is 0 Å². The Labute approximate surface area is 153 Å². The minimum atomic E-state index is -2.28. The first-order valence-electron chi connectivity index (χ1n) is 9.14. The number of likely N-dealkylation sites (tertiary alicyclic amines) is 1.